The summed E-state index contributed by atoms with van der Waals surface area (Å²) in [5, 5.41) is 5.20. The minimum absolute atomic E-state index is 0.0225. The molecule has 32 heavy (non-hydrogen) atoms. The van der Waals surface area contributed by atoms with Crippen LogP contribution in [0.25, 0.3) is 0 Å². The number of amides is 2. The van der Waals surface area contributed by atoms with E-state index in [1.54, 1.807) is 43.3 Å². The van der Waals surface area contributed by atoms with Crippen molar-refractivity contribution in [1.29, 1.82) is 0 Å². The zero-order valence-electron chi connectivity index (χ0n) is 18.2. The minimum atomic E-state index is -3.85. The molecule has 2 aromatic rings. The van der Waals surface area contributed by atoms with E-state index in [4.69, 9.17) is 9.47 Å². The fourth-order valence-electron chi connectivity index (χ4n) is 3.44. The molecule has 9 heteroatoms. The molecule has 0 bridgehead atoms. The fraction of sp³-hybridized carbons (Fsp3) is 0.304. The van der Waals surface area contributed by atoms with Crippen molar-refractivity contribution in [2.75, 3.05) is 19.0 Å². The van der Waals surface area contributed by atoms with Gasteiger partial charge in [-0.25, -0.2) is 18.0 Å². The first-order valence-corrected chi connectivity index (χ1v) is 11.9. The van der Waals surface area contributed by atoms with Crippen LogP contribution in [0.4, 0.5) is 4.79 Å². The van der Waals surface area contributed by atoms with E-state index in [2.05, 4.69) is 10.6 Å². The van der Waals surface area contributed by atoms with Gasteiger partial charge in [0.05, 0.1) is 35.5 Å². The maximum Gasteiger partial charge on any atom is 0.338 e. The summed E-state index contributed by atoms with van der Waals surface area (Å²) in [6, 6.07) is 11.8. The topological polar surface area (TPSA) is 111 Å². The van der Waals surface area contributed by atoms with Crippen molar-refractivity contribution in [3.8, 4) is 5.75 Å². The van der Waals surface area contributed by atoms with Crippen molar-refractivity contribution in [1.82, 2.24) is 10.6 Å². The summed E-state index contributed by atoms with van der Waals surface area (Å²) in [5.41, 5.74) is 1.44. The summed E-state index contributed by atoms with van der Waals surface area (Å²) in [4.78, 5) is 25.5. The van der Waals surface area contributed by atoms with Gasteiger partial charge in [0.1, 0.15) is 5.75 Å². The molecule has 1 aliphatic rings. The monoisotopic (exact) mass is 458 g/mol. The van der Waals surface area contributed by atoms with Crippen molar-refractivity contribution >= 4 is 21.8 Å². The fourth-order valence-corrected chi connectivity index (χ4v) is 4.76. The van der Waals surface area contributed by atoms with Gasteiger partial charge in [-0.2, -0.15) is 0 Å². The maximum atomic E-state index is 13.1. The molecule has 0 radical (unpaired) electrons. The van der Waals surface area contributed by atoms with Crippen molar-refractivity contribution in [3.05, 3.63) is 70.9 Å². The van der Waals surface area contributed by atoms with Crippen LogP contribution in [0.1, 0.15) is 31.0 Å². The van der Waals surface area contributed by atoms with Gasteiger partial charge in [-0.15, -0.1) is 0 Å². The summed E-state index contributed by atoms with van der Waals surface area (Å²) in [5.74, 6) is -0.805. The van der Waals surface area contributed by atoms with Crippen LogP contribution in [-0.4, -0.2) is 39.4 Å². The largest absolute Gasteiger partial charge is 0.494 e. The Labute approximate surface area is 187 Å². The molecule has 1 heterocycles. The molecule has 0 spiro atoms. The second-order valence-corrected chi connectivity index (χ2v) is 9.18. The van der Waals surface area contributed by atoms with Gasteiger partial charge in [0.2, 0.25) is 0 Å². The van der Waals surface area contributed by atoms with Gasteiger partial charge in [0, 0.05) is 11.3 Å². The zero-order chi connectivity index (χ0) is 23.3. The van der Waals surface area contributed by atoms with Gasteiger partial charge in [-0.05, 0) is 39.0 Å². The first kappa shape index (κ1) is 23.3. The number of nitrogens with one attached hydrogen (secondary N) is 2. The number of rotatable bonds is 8. The normalized spacial score (nSPS) is 16.2. The Morgan fingerprint density at radius 1 is 1.03 bits per heavy atom. The molecule has 1 aliphatic heterocycles. The van der Waals surface area contributed by atoms with E-state index in [9.17, 15) is 18.0 Å². The van der Waals surface area contributed by atoms with Gasteiger partial charge in [0.25, 0.3) is 0 Å². The van der Waals surface area contributed by atoms with Crippen LogP contribution in [-0.2, 0) is 19.4 Å². The Morgan fingerprint density at radius 3 is 2.38 bits per heavy atom. The van der Waals surface area contributed by atoms with Gasteiger partial charge >= 0.3 is 12.0 Å². The molecule has 1 atom stereocenters. The van der Waals surface area contributed by atoms with E-state index < -0.39 is 33.6 Å². The van der Waals surface area contributed by atoms with Crippen molar-refractivity contribution in [2.24, 2.45) is 0 Å². The molecule has 0 aliphatic carbocycles. The highest BCUT2D eigenvalue weighted by Gasteiger charge is 2.37. The summed E-state index contributed by atoms with van der Waals surface area (Å²) in [7, 11) is -3.85. The standard InChI is InChI=1S/C23H26N2O6S/c1-4-30-19-9-7-6-8-17(19)21-20(22(26)31-5-2)18(24-23(27)25-21)14-32(28,29)16-12-10-15(3)11-13-16/h6-13,21H,4-5,14H2,1-3H3,(H2,24,25,27)/t21-/m1/s1. The van der Waals surface area contributed by atoms with Crippen LogP contribution in [0.15, 0.2) is 64.7 Å². The molecule has 3 rings (SSSR count). The first-order chi connectivity index (χ1) is 15.3. The minimum Gasteiger partial charge on any atom is -0.494 e. The van der Waals surface area contributed by atoms with Crippen LogP contribution in [0.3, 0.4) is 0 Å². The zero-order valence-corrected chi connectivity index (χ0v) is 19.0. The second-order valence-electron chi connectivity index (χ2n) is 7.19. The van der Waals surface area contributed by atoms with Crippen LogP contribution >= 0.6 is 0 Å². The van der Waals surface area contributed by atoms with E-state index in [1.165, 1.54) is 12.1 Å². The third-order valence-electron chi connectivity index (χ3n) is 4.89. The molecule has 2 N–H and O–H groups in total. The van der Waals surface area contributed by atoms with Gasteiger partial charge in [0.15, 0.2) is 9.84 Å². The number of sulfone groups is 1. The Bertz CT molecular complexity index is 1140. The second kappa shape index (κ2) is 9.86. The molecule has 0 fully saturated rings. The number of carbonyl (C=O) groups is 2. The lowest BCUT2D eigenvalue weighted by Crippen LogP contribution is -2.47. The summed E-state index contributed by atoms with van der Waals surface area (Å²) in [6.07, 6.45) is 0. The van der Waals surface area contributed by atoms with Gasteiger partial charge in [-0.1, -0.05) is 35.9 Å². The number of urea groups is 1. The number of benzene rings is 2. The molecule has 0 saturated carbocycles. The molecular formula is C23H26N2O6S. The Hall–Kier alpha value is -3.33. The number of para-hydroxylation sites is 1. The average molecular weight is 459 g/mol. The maximum absolute atomic E-state index is 13.1. The van der Waals surface area contributed by atoms with Crippen molar-refractivity contribution < 1.29 is 27.5 Å². The predicted molar refractivity (Wildman–Crippen MR) is 119 cm³/mol. The third-order valence-corrected chi connectivity index (χ3v) is 6.55. The van der Waals surface area contributed by atoms with E-state index >= 15 is 0 Å². The van der Waals surface area contributed by atoms with Gasteiger partial charge < -0.3 is 20.1 Å². The third kappa shape index (κ3) is 5.11. The number of hydrogen-bond acceptors (Lipinski definition) is 6. The van der Waals surface area contributed by atoms with Gasteiger partial charge in [-0.3, -0.25) is 0 Å². The van der Waals surface area contributed by atoms with Crippen LogP contribution in [0.2, 0.25) is 0 Å². The molecular weight excluding hydrogens is 432 g/mol. The Morgan fingerprint density at radius 2 is 1.72 bits per heavy atom. The lowest BCUT2D eigenvalue weighted by atomic mass is 9.95. The highest BCUT2D eigenvalue weighted by atomic mass is 32.2. The van der Waals surface area contributed by atoms with Crippen LogP contribution in [0.5, 0.6) is 5.75 Å². The molecule has 0 unspecified atom stereocenters. The summed E-state index contributed by atoms with van der Waals surface area (Å²) in [6.45, 7) is 5.79. The van der Waals surface area contributed by atoms with Crippen LogP contribution < -0.4 is 15.4 Å². The van der Waals surface area contributed by atoms with E-state index in [0.717, 1.165) is 5.56 Å². The predicted octanol–water partition coefficient (Wildman–Crippen LogP) is 3.04. The number of ether oxygens (including phenoxy) is 2. The molecule has 2 aromatic carbocycles. The van der Waals surface area contributed by atoms with Crippen molar-refractivity contribution in [2.45, 2.75) is 31.7 Å². The molecule has 0 saturated heterocycles. The molecule has 0 aromatic heterocycles. The SMILES string of the molecule is CCOC(=O)C1=C(CS(=O)(=O)c2ccc(C)cc2)NC(=O)N[C@@H]1c1ccccc1OCC. The molecule has 8 nitrogen and oxygen atoms in total. The first-order valence-electron chi connectivity index (χ1n) is 10.3. The number of carbonyl (C=O) groups excluding carboxylic acids is 2. The average Bonchev–Trinajstić information content (AvgIpc) is 2.74. The van der Waals surface area contributed by atoms with E-state index in [0.29, 0.717) is 17.9 Å². The van der Waals surface area contributed by atoms with Crippen molar-refractivity contribution in [3.63, 3.8) is 0 Å². The number of hydrogen-bond donors (Lipinski definition) is 2. The van der Waals surface area contributed by atoms with E-state index in [-0.39, 0.29) is 22.8 Å². The summed E-state index contributed by atoms with van der Waals surface area (Å²) >= 11 is 0. The van der Waals surface area contributed by atoms with Crippen LogP contribution in [0, 0.1) is 6.92 Å². The highest BCUT2D eigenvalue weighted by molar-refractivity contribution is 7.91. The number of aryl methyl sites for hydroxylation is 1. The lowest BCUT2D eigenvalue weighted by Gasteiger charge is -2.30. The highest BCUT2D eigenvalue weighted by Crippen LogP contribution is 2.34. The quantitative estimate of drug-likeness (QED) is 0.589. The molecule has 170 valence electrons. The summed E-state index contributed by atoms with van der Waals surface area (Å²) < 4.78 is 37.0. The smallest absolute Gasteiger partial charge is 0.338 e. The molecule has 2 amide bonds. The Balaban J connectivity index is 2.12. The van der Waals surface area contributed by atoms with E-state index in [1.807, 2.05) is 13.8 Å². The Kier molecular flexibility index (Phi) is 7.19. The number of esters is 1. The lowest BCUT2D eigenvalue weighted by molar-refractivity contribution is -0.139.